The predicted molar refractivity (Wildman–Crippen MR) is 146 cm³/mol. The van der Waals surface area contributed by atoms with Crippen LogP contribution in [-0.4, -0.2) is 52.7 Å². The van der Waals surface area contributed by atoms with Crippen molar-refractivity contribution in [3.8, 4) is 0 Å². The molecule has 0 bridgehead atoms. The maximum absolute atomic E-state index is 13.6. The lowest BCUT2D eigenvalue weighted by atomic mass is 9.86. The zero-order chi connectivity index (χ0) is 27.5. The number of hydrogen-bond donors (Lipinski definition) is 0. The van der Waals surface area contributed by atoms with Gasteiger partial charge in [-0.05, 0) is 35.4 Å². The van der Waals surface area contributed by atoms with E-state index in [1.165, 1.54) is 47.9 Å². The van der Waals surface area contributed by atoms with E-state index in [0.717, 1.165) is 28.5 Å². The summed E-state index contributed by atoms with van der Waals surface area (Å²) in [4.78, 5) is 54.9. The fraction of sp³-hybridized carbons (Fsp3) is 0.280. The molecule has 1 amide bonds. The topological polar surface area (TPSA) is 134 Å². The second kappa shape index (κ2) is 9.68. The van der Waals surface area contributed by atoms with Gasteiger partial charge in [0.15, 0.2) is 15.6 Å². The number of aryl methyl sites for hydroxylation is 1. The Balaban J connectivity index is 1.21. The number of benzene rings is 2. The maximum Gasteiger partial charge on any atom is 0.355 e. The average molecular weight is 631 g/mol. The lowest BCUT2D eigenvalue weighted by Crippen LogP contribution is -2.70. The van der Waals surface area contributed by atoms with Crippen LogP contribution in [0, 0.1) is 10.1 Å². The van der Waals surface area contributed by atoms with Crippen molar-refractivity contribution >= 4 is 74.0 Å². The van der Waals surface area contributed by atoms with E-state index in [0.29, 0.717) is 11.1 Å². The van der Waals surface area contributed by atoms with Crippen LogP contribution in [0.2, 0.25) is 0 Å². The van der Waals surface area contributed by atoms with Crippen LogP contribution in [0.15, 0.2) is 58.7 Å². The van der Waals surface area contributed by atoms with Crippen LogP contribution in [0.4, 0.5) is 5.69 Å². The number of rotatable bonds is 7. The zero-order valence-corrected chi connectivity index (χ0v) is 23.5. The number of carbonyl (C=O) groups is 3. The molecule has 3 aliphatic rings. The molecule has 3 aromatic rings. The summed E-state index contributed by atoms with van der Waals surface area (Å²) in [6.45, 7) is 1.99. The summed E-state index contributed by atoms with van der Waals surface area (Å²) in [5, 5.41) is 12.8. The van der Waals surface area contributed by atoms with E-state index in [1.54, 1.807) is 23.2 Å². The van der Waals surface area contributed by atoms with Gasteiger partial charge < -0.3 is 14.0 Å². The van der Waals surface area contributed by atoms with Crippen molar-refractivity contribution in [2.75, 3.05) is 5.75 Å². The average Bonchev–Trinajstić information content (AvgIpc) is 3.63. The molecule has 0 radical (unpaired) electrons. The summed E-state index contributed by atoms with van der Waals surface area (Å²) in [6, 6.07) is 11.2. The van der Waals surface area contributed by atoms with E-state index in [9.17, 15) is 24.5 Å². The van der Waals surface area contributed by atoms with Gasteiger partial charge in [0.1, 0.15) is 17.7 Å². The number of imidazole rings is 1. The minimum Gasteiger partial charge on any atom is -0.456 e. The van der Waals surface area contributed by atoms with Gasteiger partial charge in [0.2, 0.25) is 0 Å². The van der Waals surface area contributed by atoms with E-state index in [2.05, 4.69) is 25.5 Å². The third-order valence-corrected chi connectivity index (χ3v) is 10.3. The first kappa shape index (κ1) is 25.9. The Morgan fingerprint density at radius 2 is 2.05 bits per heavy atom. The number of aromatic nitrogens is 2. The summed E-state index contributed by atoms with van der Waals surface area (Å²) in [6.07, 6.45) is -0.954. The highest BCUT2D eigenvalue weighted by Gasteiger charge is 2.69. The Morgan fingerprint density at radius 1 is 1.28 bits per heavy atom. The van der Waals surface area contributed by atoms with Crippen molar-refractivity contribution in [2.45, 2.75) is 41.0 Å². The number of thioether (sulfide) groups is 2. The molecule has 0 N–H and O–H groups in total. The van der Waals surface area contributed by atoms with E-state index >= 15 is 0 Å². The molecule has 3 aliphatic heterocycles. The van der Waals surface area contributed by atoms with Gasteiger partial charge in [-0.1, -0.05) is 33.8 Å². The fourth-order valence-electron chi connectivity index (χ4n) is 4.82. The number of β-lactam (4-membered cyclic amide) rings is 1. The Hall–Kier alpha value is -3.36. The molecule has 39 heavy (non-hydrogen) atoms. The number of nitro groups is 1. The number of hydrogen-bond acceptors (Lipinski definition) is 10. The molecule has 200 valence electrons. The Labute approximate surface area is 238 Å². The molecule has 11 nitrogen and oxygen atoms in total. The van der Waals surface area contributed by atoms with Crippen LogP contribution in [0.25, 0.3) is 11.0 Å². The van der Waals surface area contributed by atoms with E-state index in [4.69, 9.17) is 9.47 Å². The Bertz CT molecular complexity index is 1590. The molecular weight excluding hydrogens is 612 g/mol. The molecule has 2 aromatic carbocycles. The molecular formula is C25H19BrN4O7S2. The summed E-state index contributed by atoms with van der Waals surface area (Å²) in [5.41, 5.74) is 2.93. The second-order valence-corrected chi connectivity index (χ2v) is 12.4. The van der Waals surface area contributed by atoms with E-state index in [1.807, 2.05) is 12.1 Å². The number of nitrogens with zero attached hydrogens (tertiary/aromatic N) is 4. The monoisotopic (exact) mass is 630 g/mol. The minimum atomic E-state index is -1.31. The summed E-state index contributed by atoms with van der Waals surface area (Å²) >= 11 is 6.53. The van der Waals surface area contributed by atoms with Crippen LogP contribution in [-0.2, 0) is 37.0 Å². The number of amides is 1. The number of esters is 2. The molecule has 1 aromatic heterocycles. The number of carbonyl (C=O) groups excluding carboxylic acids is 3. The quantitative estimate of drug-likeness (QED) is 0.122. The molecule has 6 rings (SSSR count). The first-order chi connectivity index (χ1) is 18.7. The van der Waals surface area contributed by atoms with Gasteiger partial charge in [-0.3, -0.25) is 24.6 Å². The molecule has 1 fully saturated rings. The predicted octanol–water partition coefficient (Wildman–Crippen LogP) is 4.29. The molecule has 0 spiro atoms. The van der Waals surface area contributed by atoms with Gasteiger partial charge in [0.05, 0.1) is 16.0 Å². The number of non-ortho nitro benzene ring substituents is 1. The van der Waals surface area contributed by atoms with Crippen molar-refractivity contribution in [3.63, 3.8) is 0 Å². The van der Waals surface area contributed by atoms with Crippen LogP contribution in [0.1, 0.15) is 24.2 Å². The van der Waals surface area contributed by atoms with Crippen molar-refractivity contribution in [2.24, 2.45) is 0 Å². The standard InChI is InChI=1S/C25H19BrN4O7S2/c1-13(31)37-20(15-4-7-17-18(10-15)28-8-9-38-24(28)27-17)25(26)22(33)29-19(12-39-23(25)29)21(32)36-11-14-2-5-16(6-3-14)30(34)35/h2-7,10,12,20,23H,8-9,11H2,1H3. The molecule has 3 unspecified atom stereocenters. The number of nitro benzene ring substituents is 1. The second-order valence-electron chi connectivity index (χ2n) is 9.07. The molecule has 0 aliphatic carbocycles. The lowest BCUT2D eigenvalue weighted by Gasteiger charge is -2.51. The van der Waals surface area contributed by atoms with Crippen molar-refractivity contribution in [1.82, 2.24) is 14.5 Å². The van der Waals surface area contributed by atoms with E-state index in [-0.39, 0.29) is 18.0 Å². The van der Waals surface area contributed by atoms with Gasteiger partial charge in [0.25, 0.3) is 11.6 Å². The number of halogens is 1. The highest BCUT2D eigenvalue weighted by atomic mass is 79.9. The van der Waals surface area contributed by atoms with Crippen LogP contribution < -0.4 is 0 Å². The normalized spacial score (nSPS) is 22.1. The summed E-state index contributed by atoms with van der Waals surface area (Å²) < 4.78 is 11.9. The maximum atomic E-state index is 13.6. The first-order valence-electron chi connectivity index (χ1n) is 11.8. The number of fused-ring (bicyclic) bond motifs is 4. The lowest BCUT2D eigenvalue weighted by molar-refractivity contribution is -0.384. The number of alkyl halides is 1. The smallest absolute Gasteiger partial charge is 0.355 e. The fourth-order valence-corrected chi connectivity index (χ4v) is 8.09. The molecule has 4 heterocycles. The minimum absolute atomic E-state index is 0.0688. The summed E-state index contributed by atoms with van der Waals surface area (Å²) in [5.74, 6) is -0.752. The third-order valence-electron chi connectivity index (χ3n) is 6.69. The SMILES string of the molecule is CC(=O)OC(c1ccc2nc3n(c2c1)CCS3)C1(Br)C(=O)N2C(C(=O)OCc3ccc([N+](=O)[O-])cc3)=CSC21. The highest BCUT2D eigenvalue weighted by molar-refractivity contribution is 9.10. The highest BCUT2D eigenvalue weighted by Crippen LogP contribution is 2.58. The van der Waals surface area contributed by atoms with Crippen molar-refractivity contribution < 1.29 is 28.8 Å². The molecule has 1 saturated heterocycles. The van der Waals surface area contributed by atoms with Gasteiger partial charge >= 0.3 is 11.9 Å². The number of ether oxygens (including phenoxy) is 2. The zero-order valence-electron chi connectivity index (χ0n) is 20.2. The largest absolute Gasteiger partial charge is 0.456 e. The molecule has 0 saturated carbocycles. The van der Waals surface area contributed by atoms with Crippen molar-refractivity contribution in [1.29, 1.82) is 0 Å². The van der Waals surface area contributed by atoms with Crippen molar-refractivity contribution in [3.05, 3.63) is 74.8 Å². The Morgan fingerprint density at radius 3 is 2.77 bits per heavy atom. The Kier molecular flexibility index (Phi) is 6.43. The van der Waals surface area contributed by atoms with Crippen LogP contribution >= 0.6 is 39.5 Å². The first-order valence-corrected chi connectivity index (χ1v) is 14.5. The molecule has 3 atom stereocenters. The van der Waals surface area contributed by atoms with Gasteiger partial charge in [-0.15, -0.1) is 11.8 Å². The van der Waals surface area contributed by atoms with E-state index < -0.39 is 38.6 Å². The van der Waals surface area contributed by atoms with Gasteiger partial charge in [-0.2, -0.15) is 0 Å². The summed E-state index contributed by atoms with van der Waals surface area (Å²) in [7, 11) is 0. The van der Waals surface area contributed by atoms with Gasteiger partial charge in [-0.25, -0.2) is 9.78 Å². The molecule has 14 heteroatoms. The van der Waals surface area contributed by atoms with Crippen LogP contribution in [0.3, 0.4) is 0 Å². The van der Waals surface area contributed by atoms with Crippen LogP contribution in [0.5, 0.6) is 0 Å². The van der Waals surface area contributed by atoms with Gasteiger partial charge in [0, 0.05) is 36.8 Å². The third kappa shape index (κ3) is 4.21.